The Bertz CT molecular complexity index is 378. The van der Waals surface area contributed by atoms with Gasteiger partial charge in [0.2, 0.25) is 0 Å². The van der Waals surface area contributed by atoms with E-state index in [4.69, 9.17) is 9.47 Å². The second-order valence-corrected chi connectivity index (χ2v) is 5.38. The first-order valence-electron chi connectivity index (χ1n) is 6.47. The molecule has 1 saturated heterocycles. The van der Waals surface area contributed by atoms with Crippen LogP contribution in [-0.2, 0) is 11.3 Å². The van der Waals surface area contributed by atoms with Gasteiger partial charge in [0.15, 0.2) is 0 Å². The Labute approximate surface area is 117 Å². The number of hydrogen-bond acceptors (Lipinski definition) is 3. The van der Waals surface area contributed by atoms with Gasteiger partial charge >= 0.3 is 0 Å². The summed E-state index contributed by atoms with van der Waals surface area (Å²) < 4.78 is 12.5. The molecule has 1 aliphatic heterocycles. The molecular formula is C14H20BrNO2. The standard InChI is InChI=1S/C14H20BrNO2/c1-16-10-11-4-2-6-13(15)14(11)18-9-7-12-5-3-8-17-12/h2,4,6,12,16H,3,5,7-10H2,1H3. The predicted molar refractivity (Wildman–Crippen MR) is 76.0 cm³/mol. The first kappa shape index (κ1) is 13.8. The second-order valence-electron chi connectivity index (χ2n) is 4.53. The molecule has 1 unspecified atom stereocenters. The molecule has 0 bridgehead atoms. The highest BCUT2D eigenvalue weighted by molar-refractivity contribution is 9.10. The first-order chi connectivity index (χ1) is 8.81. The number of nitrogens with one attached hydrogen (secondary N) is 1. The molecular weight excluding hydrogens is 294 g/mol. The van der Waals surface area contributed by atoms with E-state index in [1.54, 1.807) is 0 Å². The fourth-order valence-electron chi connectivity index (χ4n) is 2.21. The quantitative estimate of drug-likeness (QED) is 0.875. The van der Waals surface area contributed by atoms with Crippen molar-refractivity contribution in [3.63, 3.8) is 0 Å². The van der Waals surface area contributed by atoms with Crippen LogP contribution in [0.1, 0.15) is 24.8 Å². The summed E-state index contributed by atoms with van der Waals surface area (Å²) in [4.78, 5) is 0. The van der Waals surface area contributed by atoms with Crippen LogP contribution in [0.25, 0.3) is 0 Å². The molecule has 18 heavy (non-hydrogen) atoms. The summed E-state index contributed by atoms with van der Waals surface area (Å²) in [7, 11) is 1.94. The summed E-state index contributed by atoms with van der Waals surface area (Å²) >= 11 is 3.55. The van der Waals surface area contributed by atoms with Gasteiger partial charge < -0.3 is 14.8 Å². The molecule has 1 aromatic carbocycles. The van der Waals surface area contributed by atoms with E-state index >= 15 is 0 Å². The monoisotopic (exact) mass is 313 g/mol. The Hall–Kier alpha value is -0.580. The van der Waals surface area contributed by atoms with Gasteiger partial charge in [0, 0.05) is 25.1 Å². The lowest BCUT2D eigenvalue weighted by molar-refractivity contribution is 0.0901. The van der Waals surface area contributed by atoms with Crippen molar-refractivity contribution >= 4 is 15.9 Å². The minimum absolute atomic E-state index is 0.389. The Morgan fingerprint density at radius 2 is 2.39 bits per heavy atom. The van der Waals surface area contributed by atoms with Crippen molar-refractivity contribution in [2.45, 2.75) is 31.9 Å². The van der Waals surface area contributed by atoms with Gasteiger partial charge in [0.05, 0.1) is 17.2 Å². The fourth-order valence-corrected chi connectivity index (χ4v) is 2.73. The molecule has 1 fully saturated rings. The van der Waals surface area contributed by atoms with Crippen LogP contribution in [0.4, 0.5) is 0 Å². The lowest BCUT2D eigenvalue weighted by atomic mass is 10.2. The number of benzene rings is 1. The maximum absolute atomic E-state index is 5.92. The average Bonchev–Trinajstić information content (AvgIpc) is 2.86. The Kier molecular flexibility index (Phi) is 5.47. The van der Waals surface area contributed by atoms with Crippen LogP contribution >= 0.6 is 15.9 Å². The molecule has 1 aliphatic rings. The largest absolute Gasteiger partial charge is 0.492 e. The lowest BCUT2D eigenvalue weighted by Gasteiger charge is -2.15. The zero-order chi connectivity index (χ0) is 12.8. The SMILES string of the molecule is CNCc1cccc(Br)c1OCCC1CCCO1. The maximum Gasteiger partial charge on any atom is 0.137 e. The molecule has 0 aromatic heterocycles. The van der Waals surface area contributed by atoms with Gasteiger partial charge in [-0.3, -0.25) is 0 Å². The molecule has 100 valence electrons. The molecule has 0 radical (unpaired) electrons. The van der Waals surface area contributed by atoms with Crippen molar-refractivity contribution in [2.75, 3.05) is 20.3 Å². The molecule has 2 rings (SSSR count). The third-order valence-corrected chi connectivity index (χ3v) is 3.75. The van der Waals surface area contributed by atoms with E-state index in [1.807, 2.05) is 19.2 Å². The van der Waals surface area contributed by atoms with Crippen LogP contribution in [0.3, 0.4) is 0 Å². The summed E-state index contributed by atoms with van der Waals surface area (Å²) in [5, 5.41) is 3.16. The van der Waals surface area contributed by atoms with E-state index in [0.29, 0.717) is 12.7 Å². The zero-order valence-electron chi connectivity index (χ0n) is 10.7. The third-order valence-electron chi connectivity index (χ3n) is 3.13. The van der Waals surface area contributed by atoms with Crippen molar-refractivity contribution in [3.8, 4) is 5.75 Å². The summed E-state index contributed by atoms with van der Waals surface area (Å²) in [6, 6.07) is 6.13. The van der Waals surface area contributed by atoms with Crippen LogP contribution in [0, 0.1) is 0 Å². The Balaban J connectivity index is 1.90. The molecule has 1 aromatic rings. The smallest absolute Gasteiger partial charge is 0.137 e. The summed E-state index contributed by atoms with van der Waals surface area (Å²) in [5.74, 6) is 0.949. The number of rotatable bonds is 6. The topological polar surface area (TPSA) is 30.5 Å². The van der Waals surface area contributed by atoms with E-state index in [9.17, 15) is 0 Å². The van der Waals surface area contributed by atoms with E-state index in [1.165, 1.54) is 18.4 Å². The zero-order valence-corrected chi connectivity index (χ0v) is 12.3. The van der Waals surface area contributed by atoms with Crippen molar-refractivity contribution in [1.82, 2.24) is 5.32 Å². The molecule has 0 saturated carbocycles. The average molecular weight is 314 g/mol. The first-order valence-corrected chi connectivity index (χ1v) is 7.27. The molecule has 1 N–H and O–H groups in total. The Morgan fingerprint density at radius 1 is 1.50 bits per heavy atom. The van der Waals surface area contributed by atoms with Crippen LogP contribution in [0.5, 0.6) is 5.75 Å². The summed E-state index contributed by atoms with van der Waals surface area (Å²) in [5.41, 5.74) is 1.18. The summed E-state index contributed by atoms with van der Waals surface area (Å²) in [6.45, 7) is 2.43. The lowest BCUT2D eigenvalue weighted by Crippen LogP contribution is -2.13. The van der Waals surface area contributed by atoms with Gasteiger partial charge in [-0.25, -0.2) is 0 Å². The fraction of sp³-hybridized carbons (Fsp3) is 0.571. The van der Waals surface area contributed by atoms with Crippen LogP contribution in [0.15, 0.2) is 22.7 Å². The van der Waals surface area contributed by atoms with Gasteiger partial charge in [-0.05, 0) is 41.9 Å². The van der Waals surface area contributed by atoms with Crippen molar-refractivity contribution in [3.05, 3.63) is 28.2 Å². The van der Waals surface area contributed by atoms with Crippen LogP contribution in [0.2, 0.25) is 0 Å². The highest BCUT2D eigenvalue weighted by Crippen LogP contribution is 2.29. The molecule has 1 heterocycles. The number of para-hydroxylation sites is 1. The van der Waals surface area contributed by atoms with E-state index in [0.717, 1.165) is 29.8 Å². The molecule has 0 amide bonds. The minimum atomic E-state index is 0.389. The molecule has 0 spiro atoms. The normalized spacial score (nSPS) is 19.1. The predicted octanol–water partition coefficient (Wildman–Crippen LogP) is 3.12. The Morgan fingerprint density at radius 3 is 3.11 bits per heavy atom. The van der Waals surface area contributed by atoms with Crippen molar-refractivity contribution in [1.29, 1.82) is 0 Å². The molecule has 4 heteroatoms. The number of hydrogen-bond donors (Lipinski definition) is 1. The van der Waals surface area contributed by atoms with E-state index in [-0.39, 0.29) is 0 Å². The van der Waals surface area contributed by atoms with Crippen molar-refractivity contribution < 1.29 is 9.47 Å². The van der Waals surface area contributed by atoms with Gasteiger partial charge in [-0.2, -0.15) is 0 Å². The van der Waals surface area contributed by atoms with E-state index < -0.39 is 0 Å². The van der Waals surface area contributed by atoms with Crippen LogP contribution < -0.4 is 10.1 Å². The summed E-state index contributed by atoms with van der Waals surface area (Å²) in [6.07, 6.45) is 3.72. The number of ether oxygens (including phenoxy) is 2. The maximum atomic E-state index is 5.92. The minimum Gasteiger partial charge on any atom is -0.492 e. The van der Waals surface area contributed by atoms with Gasteiger partial charge in [0.25, 0.3) is 0 Å². The molecule has 1 atom stereocenters. The van der Waals surface area contributed by atoms with E-state index in [2.05, 4.69) is 27.3 Å². The van der Waals surface area contributed by atoms with Crippen LogP contribution in [-0.4, -0.2) is 26.4 Å². The molecule has 3 nitrogen and oxygen atoms in total. The van der Waals surface area contributed by atoms with Gasteiger partial charge in [-0.15, -0.1) is 0 Å². The molecule has 0 aliphatic carbocycles. The second kappa shape index (κ2) is 7.12. The highest BCUT2D eigenvalue weighted by Gasteiger charge is 2.16. The van der Waals surface area contributed by atoms with Gasteiger partial charge in [0.1, 0.15) is 5.75 Å². The number of halogens is 1. The highest BCUT2D eigenvalue weighted by atomic mass is 79.9. The third kappa shape index (κ3) is 3.70. The van der Waals surface area contributed by atoms with Crippen molar-refractivity contribution in [2.24, 2.45) is 0 Å². The van der Waals surface area contributed by atoms with Gasteiger partial charge in [-0.1, -0.05) is 12.1 Å².